The van der Waals surface area contributed by atoms with E-state index in [4.69, 9.17) is 7.11 Å². The molecule has 2 radical (unpaired) electrons. The second-order valence-electron chi connectivity index (χ2n) is 2.64. The Balaban J connectivity index is 2.65. The zero-order chi connectivity index (χ0) is 7.66. The first-order chi connectivity index (χ1) is 4.91. The van der Waals surface area contributed by atoms with Crippen molar-refractivity contribution in [1.29, 1.82) is 0 Å². The molecule has 0 aromatic rings. The van der Waals surface area contributed by atoms with E-state index in [0.29, 0.717) is 6.61 Å². The van der Waals surface area contributed by atoms with Gasteiger partial charge < -0.3 is 4.74 Å². The first-order valence-corrected chi connectivity index (χ1v) is 4.23. The van der Waals surface area contributed by atoms with Crippen molar-refractivity contribution in [2.75, 3.05) is 6.61 Å². The summed E-state index contributed by atoms with van der Waals surface area (Å²) < 4.78 is 4.45. The lowest BCUT2D eigenvalue weighted by atomic mass is 10.1. The summed E-state index contributed by atoms with van der Waals surface area (Å²) in [7, 11) is 4.87. The average molecular weight is 142 g/mol. The standard InChI is InChI=1S/C9H18O/c1-3-4-5-6-7-8-9-10-2/h2H,3-9H2,1H3. The largest absolute Gasteiger partial charge is 0.373 e. The van der Waals surface area contributed by atoms with Crippen molar-refractivity contribution in [2.24, 2.45) is 0 Å². The van der Waals surface area contributed by atoms with Crippen molar-refractivity contribution in [1.82, 2.24) is 0 Å². The fourth-order valence-corrected chi connectivity index (χ4v) is 0.966. The fraction of sp³-hybridized carbons (Fsp3) is 0.889. The number of rotatable bonds is 7. The highest BCUT2D eigenvalue weighted by atomic mass is 16.5. The van der Waals surface area contributed by atoms with Gasteiger partial charge in [-0.25, -0.2) is 0 Å². The third-order valence-corrected chi connectivity index (χ3v) is 1.62. The van der Waals surface area contributed by atoms with Crippen LogP contribution in [0.4, 0.5) is 0 Å². The summed E-state index contributed by atoms with van der Waals surface area (Å²) in [4.78, 5) is 0. The Hall–Kier alpha value is -0.0400. The van der Waals surface area contributed by atoms with Gasteiger partial charge in [0.2, 0.25) is 0 Å². The average Bonchev–Trinajstić information content (AvgIpc) is 1.97. The molecule has 0 rings (SSSR count). The van der Waals surface area contributed by atoms with Gasteiger partial charge in [0.25, 0.3) is 0 Å². The molecule has 0 fully saturated rings. The van der Waals surface area contributed by atoms with Crippen LogP contribution in [0.3, 0.4) is 0 Å². The van der Waals surface area contributed by atoms with Crippen molar-refractivity contribution in [3.8, 4) is 0 Å². The maximum atomic E-state index is 4.87. The minimum Gasteiger partial charge on any atom is -0.373 e. The van der Waals surface area contributed by atoms with Crippen molar-refractivity contribution in [3.05, 3.63) is 7.11 Å². The molecule has 0 unspecified atom stereocenters. The van der Waals surface area contributed by atoms with Gasteiger partial charge >= 0.3 is 0 Å². The highest BCUT2D eigenvalue weighted by Crippen LogP contribution is 2.04. The zero-order valence-electron chi connectivity index (χ0n) is 6.94. The summed E-state index contributed by atoms with van der Waals surface area (Å²) in [6, 6.07) is 0. The molecule has 0 aromatic carbocycles. The fourth-order valence-electron chi connectivity index (χ4n) is 0.966. The monoisotopic (exact) mass is 142 g/mol. The highest BCUT2D eigenvalue weighted by Gasteiger charge is 1.87. The van der Waals surface area contributed by atoms with Gasteiger partial charge in [0.15, 0.2) is 0 Å². The molecule has 0 N–H and O–H groups in total. The van der Waals surface area contributed by atoms with Crippen LogP contribution in [0.1, 0.15) is 45.4 Å². The molecular formula is C9H18O. The maximum absolute atomic E-state index is 4.87. The third kappa shape index (κ3) is 7.96. The van der Waals surface area contributed by atoms with Crippen molar-refractivity contribution in [3.63, 3.8) is 0 Å². The Labute approximate surface area is 64.8 Å². The summed E-state index contributed by atoms with van der Waals surface area (Å²) in [5.41, 5.74) is 0. The normalized spacial score (nSPS) is 10.2. The van der Waals surface area contributed by atoms with Crippen LogP contribution in [0.25, 0.3) is 0 Å². The molecule has 0 amide bonds. The van der Waals surface area contributed by atoms with E-state index in [-0.39, 0.29) is 0 Å². The lowest BCUT2D eigenvalue weighted by Gasteiger charge is -1.98. The molecule has 0 aliphatic heterocycles. The molecule has 0 bridgehead atoms. The molecule has 0 spiro atoms. The van der Waals surface area contributed by atoms with E-state index in [1.807, 2.05) is 0 Å². The number of hydrogen-bond donors (Lipinski definition) is 0. The molecule has 0 aliphatic rings. The van der Waals surface area contributed by atoms with Crippen molar-refractivity contribution >= 4 is 0 Å². The van der Waals surface area contributed by atoms with E-state index >= 15 is 0 Å². The van der Waals surface area contributed by atoms with Gasteiger partial charge in [0.1, 0.15) is 7.11 Å². The quantitative estimate of drug-likeness (QED) is 0.496. The lowest BCUT2D eigenvalue weighted by Crippen LogP contribution is -1.86. The zero-order valence-corrected chi connectivity index (χ0v) is 6.94. The molecular weight excluding hydrogens is 124 g/mol. The van der Waals surface area contributed by atoms with E-state index in [1.54, 1.807) is 0 Å². The minimum atomic E-state index is 0.714. The van der Waals surface area contributed by atoms with Gasteiger partial charge in [-0.05, 0) is 6.42 Å². The van der Waals surface area contributed by atoms with Crippen LogP contribution in [0, 0.1) is 7.11 Å². The van der Waals surface area contributed by atoms with E-state index in [1.165, 1.54) is 32.1 Å². The topological polar surface area (TPSA) is 9.23 Å². The molecule has 60 valence electrons. The Kier molecular flexibility index (Phi) is 8.92. The van der Waals surface area contributed by atoms with Crippen LogP contribution in [0.5, 0.6) is 0 Å². The number of hydrogen-bond acceptors (Lipinski definition) is 1. The van der Waals surface area contributed by atoms with Gasteiger partial charge in [-0.15, -0.1) is 0 Å². The Morgan fingerprint density at radius 2 is 1.60 bits per heavy atom. The number of ether oxygens (including phenoxy) is 1. The summed E-state index contributed by atoms with van der Waals surface area (Å²) in [5.74, 6) is 0. The van der Waals surface area contributed by atoms with Crippen LogP contribution in [-0.4, -0.2) is 6.61 Å². The van der Waals surface area contributed by atoms with Crippen LogP contribution in [-0.2, 0) is 4.74 Å². The molecule has 0 atom stereocenters. The number of unbranched alkanes of at least 4 members (excludes halogenated alkanes) is 5. The highest BCUT2D eigenvalue weighted by molar-refractivity contribution is 4.42. The van der Waals surface area contributed by atoms with Crippen molar-refractivity contribution < 1.29 is 4.74 Å². The van der Waals surface area contributed by atoms with Crippen LogP contribution >= 0.6 is 0 Å². The molecule has 0 aliphatic carbocycles. The first-order valence-electron chi connectivity index (χ1n) is 4.23. The van der Waals surface area contributed by atoms with Crippen LogP contribution in [0.15, 0.2) is 0 Å². The smallest absolute Gasteiger partial charge is 0.115 e. The predicted molar refractivity (Wildman–Crippen MR) is 43.6 cm³/mol. The minimum absolute atomic E-state index is 0.714. The van der Waals surface area contributed by atoms with Gasteiger partial charge in [-0.3, -0.25) is 0 Å². The summed E-state index contributed by atoms with van der Waals surface area (Å²) in [5, 5.41) is 0. The van der Waals surface area contributed by atoms with Gasteiger partial charge in [-0.1, -0.05) is 39.0 Å². The summed E-state index contributed by atoms with van der Waals surface area (Å²) in [6.07, 6.45) is 7.74. The summed E-state index contributed by atoms with van der Waals surface area (Å²) >= 11 is 0. The molecule has 0 heterocycles. The van der Waals surface area contributed by atoms with E-state index in [2.05, 4.69) is 11.7 Å². The van der Waals surface area contributed by atoms with Crippen LogP contribution < -0.4 is 0 Å². The second-order valence-corrected chi connectivity index (χ2v) is 2.64. The molecule has 1 nitrogen and oxygen atoms in total. The molecule has 0 saturated carbocycles. The Bertz CT molecular complexity index is 44.7. The van der Waals surface area contributed by atoms with E-state index in [0.717, 1.165) is 6.42 Å². The predicted octanol–water partition coefficient (Wildman–Crippen LogP) is 3.03. The van der Waals surface area contributed by atoms with Gasteiger partial charge in [-0.2, -0.15) is 0 Å². The molecule has 0 saturated heterocycles. The molecule has 10 heavy (non-hydrogen) atoms. The van der Waals surface area contributed by atoms with Crippen molar-refractivity contribution in [2.45, 2.75) is 45.4 Å². The van der Waals surface area contributed by atoms with Gasteiger partial charge in [0.05, 0.1) is 0 Å². The lowest BCUT2D eigenvalue weighted by molar-refractivity contribution is 0.233. The Morgan fingerprint density at radius 3 is 2.20 bits per heavy atom. The van der Waals surface area contributed by atoms with Gasteiger partial charge in [0, 0.05) is 6.61 Å². The molecule has 1 heteroatoms. The second kappa shape index (κ2) is 8.96. The first kappa shape index (κ1) is 9.96. The summed E-state index contributed by atoms with van der Waals surface area (Å²) in [6.45, 7) is 2.94. The van der Waals surface area contributed by atoms with E-state index < -0.39 is 0 Å². The third-order valence-electron chi connectivity index (χ3n) is 1.62. The van der Waals surface area contributed by atoms with Crippen LogP contribution in [0.2, 0.25) is 0 Å². The Morgan fingerprint density at radius 1 is 1.00 bits per heavy atom. The maximum Gasteiger partial charge on any atom is 0.115 e. The SMILES string of the molecule is [CH]OCCCCCCCC. The molecule has 0 aromatic heterocycles. The van der Waals surface area contributed by atoms with E-state index in [9.17, 15) is 0 Å².